The van der Waals surface area contributed by atoms with E-state index in [9.17, 15) is 43.2 Å². The molecule has 3 saturated heterocycles. The molecule has 0 radical (unpaired) electrons. The molecule has 42 heteroatoms. The molecule has 0 N–H and O–H groups in total. The topological polar surface area (TPSA) is 299 Å². The number of pyridine rings is 3. The number of methoxy groups -OCH3 is 3. The molecule has 6 aliphatic heterocycles. The van der Waals surface area contributed by atoms with Gasteiger partial charge in [0.05, 0.1) is 84.7 Å². The fraction of sp³-hybridized carbons (Fsp3) is 0.281. The minimum absolute atomic E-state index is 0.0597. The van der Waals surface area contributed by atoms with Crippen molar-refractivity contribution in [3.05, 3.63) is 294 Å². The van der Waals surface area contributed by atoms with Gasteiger partial charge >= 0.3 is 18.5 Å². The Morgan fingerprint density at radius 1 is 0.384 bits per heavy atom. The van der Waals surface area contributed by atoms with Gasteiger partial charge in [0.2, 0.25) is 53.9 Å². The Labute approximate surface area is 785 Å². The molecule has 6 aromatic carbocycles. The third kappa shape index (κ3) is 13.8. The molecule has 12 heterocycles. The number of alkyl halides is 6. The molecule has 3 amide bonds. The molecular formula is C96H72F9N9O21S3. The van der Waals surface area contributed by atoms with Crippen LogP contribution in [-0.2, 0) is 79.7 Å². The van der Waals surface area contributed by atoms with E-state index in [2.05, 4.69) is 14.2 Å². The Morgan fingerprint density at radius 3 is 1.08 bits per heavy atom. The quantitative estimate of drug-likeness (QED) is 0.0475. The fourth-order valence-corrected chi connectivity index (χ4v) is 24.4. The summed E-state index contributed by atoms with van der Waals surface area (Å²) in [6.45, 7) is -0.670. The van der Waals surface area contributed by atoms with Gasteiger partial charge in [-0.25, -0.2) is 53.9 Å². The van der Waals surface area contributed by atoms with E-state index in [0.29, 0.717) is 71.0 Å². The van der Waals surface area contributed by atoms with Crippen molar-refractivity contribution >= 4 is 70.2 Å². The Balaban J connectivity index is 0.000000119. The number of rotatable bonds is 12. The van der Waals surface area contributed by atoms with Gasteiger partial charge in [0.15, 0.2) is 17.1 Å². The average molecular weight is 1950 g/mol. The molecule has 24 rings (SSSR count). The maximum Gasteiger partial charge on any atom is 0.510 e. The number of amides is 3. The van der Waals surface area contributed by atoms with Crippen LogP contribution in [0.4, 0.5) is 53.9 Å². The van der Waals surface area contributed by atoms with Crippen molar-refractivity contribution in [1.82, 2.24) is 28.7 Å². The van der Waals surface area contributed by atoms with Crippen LogP contribution in [-0.4, -0.2) is 184 Å². The van der Waals surface area contributed by atoms with E-state index in [1.165, 1.54) is 119 Å². The maximum absolute atomic E-state index is 15.8. The molecule has 30 nitrogen and oxygen atoms in total. The van der Waals surface area contributed by atoms with Crippen molar-refractivity contribution in [3.8, 4) is 82.0 Å². The highest BCUT2D eigenvalue weighted by Crippen LogP contribution is 2.63. The van der Waals surface area contributed by atoms with Crippen LogP contribution in [0.15, 0.2) is 177 Å². The van der Waals surface area contributed by atoms with Gasteiger partial charge in [-0.15, -0.1) is 34.0 Å². The standard InChI is InChI=1S/3C32H24F3N3O7S/c1-42-31(41)45-15-44-28-21(39)8-9-37-27(28)30(40)36-10-11-43-13-22(36)38(37)26-17-4-2-3-5-18(17)29-23-16(14-46-29)12-32(34,35)25-20(33)7-6-19(26)24(23)25;2*1-42-31(41)45-15-44-28-22(39)8-9-37-27(28)30(40)36-10-11-43-13-23(36)38(37)26-16-4-2-3-5-17(16)29-25-20(14-46-29)32(34,35)12-19-21(33)7-6-18(26)24(19)25/h2-9,14,22,26H,10-13,15H2,1H3;2*2-9,14,23,26H,10-13,15H2,1H3/t;2*23-,26-/m.11/s1. The van der Waals surface area contributed by atoms with E-state index in [1.54, 1.807) is 32.3 Å². The van der Waals surface area contributed by atoms with Crippen LogP contribution in [0.3, 0.4) is 0 Å². The highest BCUT2D eigenvalue weighted by atomic mass is 32.1. The summed E-state index contributed by atoms with van der Waals surface area (Å²) >= 11 is 3.69. The minimum atomic E-state index is -3.47. The number of carbonyl (C=O) groups excluding carboxylic acids is 6. The summed E-state index contributed by atoms with van der Waals surface area (Å²) < 4.78 is 207. The molecular weight excluding hydrogens is 1880 g/mol. The molecule has 0 bridgehead atoms. The zero-order valence-corrected chi connectivity index (χ0v) is 74.8. The molecule has 708 valence electrons. The van der Waals surface area contributed by atoms with Crippen LogP contribution in [0, 0.1) is 17.5 Å². The first-order valence-corrected chi connectivity index (χ1v) is 45.8. The van der Waals surface area contributed by atoms with Crippen molar-refractivity contribution in [3.63, 3.8) is 0 Å². The summed E-state index contributed by atoms with van der Waals surface area (Å²) in [6.07, 6.45) is -3.25. The molecule has 2 unspecified atom stereocenters. The molecule has 0 saturated carbocycles. The SMILES string of the molecule is COC(=O)OCOc1c2n(ccc1=O)N(C1c3ccccc3-c3scc4c3-c3c1ccc(F)c3C(F)(F)C4)C1COCCN1C2=O.COC(=O)OCOc1c2n(ccc1=O)N([C@@H]1c3ccccc3-c3scc4c3-c3c1ccc(F)c3CC4(F)F)[C@@H]1COCCN1C2=O.COC(=O)OCOc1c2n(ccc1=O)N([C@@H]1c3ccccc3-c3scc4c3-c3c1ccc(F)c3CC4(F)F)[C@@H]1COCCN1C2=O. The summed E-state index contributed by atoms with van der Waals surface area (Å²) in [5, 5.41) is 10.1. The van der Waals surface area contributed by atoms with Crippen LogP contribution >= 0.6 is 34.0 Å². The molecule has 6 atom stereocenters. The van der Waals surface area contributed by atoms with E-state index in [0.717, 1.165) is 54.5 Å². The highest BCUT2D eigenvalue weighted by Gasteiger charge is 2.57. The highest BCUT2D eigenvalue weighted by molar-refractivity contribution is 7.15. The number of thiophene rings is 3. The molecule has 6 aromatic heterocycles. The number of nitrogens with zero attached hydrogens (tertiary/aromatic N) is 9. The van der Waals surface area contributed by atoms with Crippen LogP contribution in [0.5, 0.6) is 17.2 Å². The second-order valence-electron chi connectivity index (χ2n) is 33.6. The Kier molecular flexibility index (Phi) is 21.7. The first-order valence-electron chi connectivity index (χ1n) is 43.1. The Morgan fingerprint density at radius 2 is 0.717 bits per heavy atom. The predicted molar refractivity (Wildman–Crippen MR) is 474 cm³/mol. The van der Waals surface area contributed by atoms with E-state index in [1.807, 2.05) is 82.8 Å². The molecule has 12 aromatic rings. The van der Waals surface area contributed by atoms with Gasteiger partial charge in [-0.3, -0.25) is 57.8 Å². The van der Waals surface area contributed by atoms with Crippen LogP contribution in [0.2, 0.25) is 0 Å². The van der Waals surface area contributed by atoms with Crippen molar-refractivity contribution in [2.75, 3.05) is 116 Å². The van der Waals surface area contributed by atoms with Gasteiger partial charge in [-0.2, -0.15) is 0 Å². The third-order valence-electron chi connectivity index (χ3n) is 26.6. The number of hydrogen-bond acceptors (Lipinski definition) is 27. The number of hydrogen-bond donors (Lipinski definition) is 0. The molecule has 138 heavy (non-hydrogen) atoms. The van der Waals surface area contributed by atoms with E-state index in [-0.39, 0.29) is 121 Å². The lowest BCUT2D eigenvalue weighted by Gasteiger charge is -2.51. The van der Waals surface area contributed by atoms with Gasteiger partial charge in [-0.1, -0.05) is 91.0 Å². The van der Waals surface area contributed by atoms with Gasteiger partial charge in [0.25, 0.3) is 35.5 Å². The first kappa shape index (κ1) is 88.8. The third-order valence-corrected chi connectivity index (χ3v) is 29.7. The smallest absolute Gasteiger partial charge is 0.451 e. The predicted octanol–water partition coefficient (Wildman–Crippen LogP) is 15.0. The largest absolute Gasteiger partial charge is 0.510 e. The lowest BCUT2D eigenvalue weighted by molar-refractivity contribution is -0.0210. The summed E-state index contributed by atoms with van der Waals surface area (Å²) in [4.78, 5) is 123. The van der Waals surface area contributed by atoms with Crippen LogP contribution in [0.25, 0.3) is 64.7 Å². The van der Waals surface area contributed by atoms with E-state index < -0.39 is 170 Å². The lowest BCUT2D eigenvalue weighted by Crippen LogP contribution is -2.66. The number of carbonyl (C=O) groups is 6. The van der Waals surface area contributed by atoms with E-state index in [4.69, 9.17) is 42.6 Å². The Bertz CT molecular complexity index is 7100. The average Bonchev–Trinajstić information content (AvgIpc) is 1.55. The van der Waals surface area contributed by atoms with Crippen LogP contribution < -0.4 is 45.5 Å². The van der Waals surface area contributed by atoms with Crippen molar-refractivity contribution < 1.29 is 125 Å². The number of aromatic nitrogens is 3. The zero-order valence-electron chi connectivity index (χ0n) is 72.4. The number of fused-ring (bicyclic) bond motifs is 12. The minimum Gasteiger partial charge on any atom is -0.451 e. The second kappa shape index (κ2) is 33.8. The normalized spacial score (nSPS) is 20.1. The summed E-state index contributed by atoms with van der Waals surface area (Å²) in [6, 6.07) is 31.6. The van der Waals surface area contributed by atoms with Gasteiger partial charge in [0.1, 0.15) is 35.9 Å². The van der Waals surface area contributed by atoms with Gasteiger partial charge < -0.3 is 71.5 Å². The summed E-state index contributed by atoms with van der Waals surface area (Å²) in [5.41, 5.74) is 4.90. The second-order valence-corrected chi connectivity index (χ2v) is 36.3. The molecule has 6 aliphatic carbocycles. The lowest BCUT2D eigenvalue weighted by atomic mass is 9.80. The number of morpholine rings is 3. The maximum atomic E-state index is 15.8. The number of ether oxygens (including phenoxy) is 12. The van der Waals surface area contributed by atoms with Gasteiger partial charge in [0, 0.05) is 146 Å². The van der Waals surface area contributed by atoms with Crippen molar-refractivity contribution in [2.45, 2.75) is 73.7 Å². The monoisotopic (exact) mass is 1950 g/mol. The van der Waals surface area contributed by atoms with E-state index >= 15 is 39.5 Å². The fourth-order valence-electron chi connectivity index (χ4n) is 21.0. The Hall–Kier alpha value is -14.5. The number of benzene rings is 6. The molecule has 12 aliphatic rings. The van der Waals surface area contributed by atoms with Crippen molar-refractivity contribution in [1.29, 1.82) is 0 Å². The van der Waals surface area contributed by atoms with Crippen molar-refractivity contribution in [2.24, 2.45) is 0 Å². The molecule has 0 spiro atoms. The summed E-state index contributed by atoms with van der Waals surface area (Å²) in [5.74, 6) is -15.1. The number of halogens is 9. The zero-order chi connectivity index (χ0) is 95.7. The summed E-state index contributed by atoms with van der Waals surface area (Å²) in [7, 11) is 3.34. The molecule has 3 fully saturated rings. The van der Waals surface area contributed by atoms with Crippen LogP contribution in [0.1, 0.15) is 116 Å². The first-order chi connectivity index (χ1) is 66.6. The van der Waals surface area contributed by atoms with Gasteiger partial charge in [-0.05, 0) is 90.3 Å².